The number of nitro groups is 1. The van der Waals surface area contributed by atoms with E-state index in [1.165, 1.54) is 31.4 Å². The summed E-state index contributed by atoms with van der Waals surface area (Å²) >= 11 is 0. The van der Waals surface area contributed by atoms with Gasteiger partial charge < -0.3 is 14.8 Å². The molecule has 0 aliphatic rings. The van der Waals surface area contributed by atoms with Crippen molar-refractivity contribution in [1.82, 2.24) is 4.98 Å². The monoisotopic (exact) mass is 377 g/mol. The van der Waals surface area contributed by atoms with Crippen LogP contribution >= 0.6 is 0 Å². The van der Waals surface area contributed by atoms with Crippen LogP contribution in [0.4, 0.5) is 15.9 Å². The molecule has 1 N–H and O–H groups in total. The number of nitrogens with one attached hydrogen (secondary N) is 1. The lowest BCUT2D eigenvalue weighted by Gasteiger charge is -2.19. The summed E-state index contributed by atoms with van der Waals surface area (Å²) < 4.78 is 24.9. The highest BCUT2D eigenvalue weighted by atomic mass is 19.1. The molecule has 0 radical (unpaired) electrons. The first kappa shape index (κ1) is 20.1. The fourth-order valence-corrected chi connectivity index (χ4v) is 2.27. The Bertz CT molecular complexity index is 865. The number of halogens is 1. The predicted octanol–water partition coefficient (Wildman–Crippen LogP) is 3.85. The fourth-order valence-electron chi connectivity index (χ4n) is 2.27. The van der Waals surface area contributed by atoms with E-state index in [0.29, 0.717) is 0 Å². The molecule has 144 valence electrons. The standard InChI is InChI=1S/C18H20FN3O5/c1-18(2,3)27-15(23)9-11-5-6-12(10-13(11)19)26-14-7-8-21-17(20-4)16(14)22(24)25/h5-8,10H,9H2,1-4H3,(H,20,21). The molecule has 27 heavy (non-hydrogen) atoms. The third kappa shape index (κ3) is 5.37. The lowest BCUT2D eigenvalue weighted by Crippen LogP contribution is -2.25. The van der Waals surface area contributed by atoms with Gasteiger partial charge in [-0.2, -0.15) is 0 Å². The summed E-state index contributed by atoms with van der Waals surface area (Å²) in [6.45, 7) is 5.16. The van der Waals surface area contributed by atoms with Crippen molar-refractivity contribution in [2.75, 3.05) is 12.4 Å². The molecule has 0 fully saturated rings. The maximum Gasteiger partial charge on any atom is 0.353 e. The molecule has 0 unspecified atom stereocenters. The van der Waals surface area contributed by atoms with Crippen molar-refractivity contribution in [3.8, 4) is 11.5 Å². The second-order valence-electron chi connectivity index (χ2n) is 6.63. The molecule has 0 atom stereocenters. The van der Waals surface area contributed by atoms with Crippen LogP contribution in [0.3, 0.4) is 0 Å². The van der Waals surface area contributed by atoms with E-state index in [1.54, 1.807) is 20.8 Å². The second kappa shape index (κ2) is 7.98. The first-order valence-corrected chi connectivity index (χ1v) is 8.10. The number of carbonyl (C=O) groups excluding carboxylic acids is 1. The maximum absolute atomic E-state index is 14.3. The SMILES string of the molecule is CNc1nccc(Oc2ccc(CC(=O)OC(C)(C)C)c(F)c2)c1[N+](=O)[O-]. The Kier molecular flexibility index (Phi) is 5.94. The Labute approximate surface area is 155 Å². The Balaban J connectivity index is 2.22. The van der Waals surface area contributed by atoms with Gasteiger partial charge in [0, 0.05) is 25.4 Å². The van der Waals surface area contributed by atoms with Crippen LogP contribution in [-0.4, -0.2) is 28.5 Å². The lowest BCUT2D eigenvalue weighted by molar-refractivity contribution is -0.385. The zero-order valence-electron chi connectivity index (χ0n) is 15.4. The minimum atomic E-state index is -0.677. The highest BCUT2D eigenvalue weighted by Crippen LogP contribution is 2.36. The molecule has 9 heteroatoms. The predicted molar refractivity (Wildman–Crippen MR) is 96.5 cm³/mol. The quantitative estimate of drug-likeness (QED) is 0.463. The van der Waals surface area contributed by atoms with Crippen molar-refractivity contribution in [1.29, 1.82) is 0 Å². The van der Waals surface area contributed by atoms with Gasteiger partial charge in [-0.1, -0.05) is 6.07 Å². The van der Waals surface area contributed by atoms with Crippen molar-refractivity contribution >= 4 is 17.5 Å². The van der Waals surface area contributed by atoms with Gasteiger partial charge in [0.15, 0.2) is 0 Å². The summed E-state index contributed by atoms with van der Waals surface area (Å²) in [6.07, 6.45) is 1.10. The topological polar surface area (TPSA) is 104 Å². The third-order valence-corrected chi connectivity index (χ3v) is 3.31. The number of pyridine rings is 1. The van der Waals surface area contributed by atoms with Gasteiger partial charge in [0.05, 0.1) is 11.3 Å². The largest absolute Gasteiger partial charge is 0.460 e. The van der Waals surface area contributed by atoms with Crippen molar-refractivity contribution in [2.24, 2.45) is 0 Å². The lowest BCUT2D eigenvalue weighted by atomic mass is 10.1. The van der Waals surface area contributed by atoms with Gasteiger partial charge >= 0.3 is 11.7 Å². The van der Waals surface area contributed by atoms with Crippen molar-refractivity contribution in [2.45, 2.75) is 32.8 Å². The Morgan fingerprint density at radius 2 is 2.04 bits per heavy atom. The van der Waals surface area contributed by atoms with Crippen molar-refractivity contribution in [3.63, 3.8) is 0 Å². The highest BCUT2D eigenvalue weighted by molar-refractivity contribution is 5.73. The van der Waals surface area contributed by atoms with E-state index < -0.39 is 22.3 Å². The average molecular weight is 377 g/mol. The van der Waals surface area contributed by atoms with Crippen LogP contribution in [-0.2, 0) is 16.0 Å². The summed E-state index contributed by atoms with van der Waals surface area (Å²) in [6, 6.07) is 5.17. The number of rotatable bonds is 6. The van der Waals surface area contributed by atoms with Crippen LogP contribution in [0.1, 0.15) is 26.3 Å². The summed E-state index contributed by atoms with van der Waals surface area (Å²) in [4.78, 5) is 26.3. The van der Waals surface area contributed by atoms with Crippen molar-refractivity contribution < 1.29 is 23.6 Å². The van der Waals surface area contributed by atoms with Crippen LogP contribution in [0.25, 0.3) is 0 Å². The van der Waals surface area contributed by atoms with Gasteiger partial charge in [0.25, 0.3) is 0 Å². The maximum atomic E-state index is 14.3. The van der Waals surface area contributed by atoms with Gasteiger partial charge in [-0.3, -0.25) is 14.9 Å². The van der Waals surface area contributed by atoms with E-state index in [-0.39, 0.29) is 35.0 Å². The third-order valence-electron chi connectivity index (χ3n) is 3.31. The van der Waals surface area contributed by atoms with Crippen LogP contribution in [0.2, 0.25) is 0 Å². The first-order chi connectivity index (χ1) is 12.6. The van der Waals surface area contributed by atoms with E-state index in [2.05, 4.69) is 10.3 Å². The Morgan fingerprint density at radius 3 is 2.59 bits per heavy atom. The summed E-state index contributed by atoms with van der Waals surface area (Å²) in [7, 11) is 1.49. The number of nitrogens with zero attached hydrogens (tertiary/aromatic N) is 2. The first-order valence-electron chi connectivity index (χ1n) is 8.10. The van der Waals surface area contributed by atoms with Crippen LogP contribution < -0.4 is 10.1 Å². The molecule has 0 amide bonds. The smallest absolute Gasteiger partial charge is 0.353 e. The van der Waals surface area contributed by atoms with Crippen LogP contribution in [0, 0.1) is 15.9 Å². The molecule has 1 aromatic carbocycles. The van der Waals surface area contributed by atoms with Crippen LogP contribution in [0.15, 0.2) is 30.5 Å². The van der Waals surface area contributed by atoms with Gasteiger partial charge in [-0.15, -0.1) is 0 Å². The van der Waals surface area contributed by atoms with E-state index in [9.17, 15) is 19.3 Å². The van der Waals surface area contributed by atoms with Gasteiger partial charge in [-0.25, -0.2) is 9.37 Å². The van der Waals surface area contributed by atoms with Crippen molar-refractivity contribution in [3.05, 3.63) is 52.0 Å². The zero-order chi connectivity index (χ0) is 20.2. The Morgan fingerprint density at radius 1 is 1.33 bits per heavy atom. The molecule has 0 aliphatic heterocycles. The van der Waals surface area contributed by atoms with E-state index >= 15 is 0 Å². The molecule has 2 rings (SSSR count). The molecule has 0 spiro atoms. The van der Waals surface area contributed by atoms with E-state index in [4.69, 9.17) is 9.47 Å². The molecular formula is C18H20FN3O5. The van der Waals surface area contributed by atoms with E-state index in [0.717, 1.165) is 6.07 Å². The fraction of sp³-hybridized carbons (Fsp3) is 0.333. The molecule has 0 aliphatic carbocycles. The number of aromatic nitrogens is 1. The number of carbonyl (C=O) groups is 1. The van der Waals surface area contributed by atoms with Crippen LogP contribution in [0.5, 0.6) is 11.5 Å². The molecule has 0 bridgehead atoms. The number of esters is 1. The van der Waals surface area contributed by atoms with Gasteiger partial charge in [0.1, 0.15) is 17.2 Å². The molecular weight excluding hydrogens is 357 g/mol. The number of anilines is 1. The number of ether oxygens (including phenoxy) is 2. The normalized spacial score (nSPS) is 11.0. The molecule has 1 aromatic heterocycles. The van der Waals surface area contributed by atoms with Gasteiger partial charge in [-0.05, 0) is 32.4 Å². The zero-order valence-corrected chi connectivity index (χ0v) is 15.4. The number of benzene rings is 1. The molecule has 8 nitrogen and oxygen atoms in total. The second-order valence-corrected chi connectivity index (χ2v) is 6.63. The highest BCUT2D eigenvalue weighted by Gasteiger charge is 2.23. The minimum absolute atomic E-state index is 0.0273. The Hall–Kier alpha value is -3.23. The van der Waals surface area contributed by atoms with E-state index in [1.807, 2.05) is 0 Å². The molecule has 0 saturated heterocycles. The summed E-state index contributed by atoms with van der Waals surface area (Å²) in [5, 5.41) is 13.9. The minimum Gasteiger partial charge on any atom is -0.460 e. The molecule has 0 saturated carbocycles. The summed E-state index contributed by atoms with van der Waals surface area (Å²) in [5.74, 6) is -1.24. The molecule has 2 aromatic rings. The summed E-state index contributed by atoms with van der Waals surface area (Å²) in [5.41, 5.74) is -0.892. The molecule has 1 heterocycles. The number of hydrogen-bond acceptors (Lipinski definition) is 7. The van der Waals surface area contributed by atoms with Gasteiger partial charge in [0.2, 0.25) is 11.6 Å². The average Bonchev–Trinajstić information content (AvgIpc) is 2.55. The number of hydrogen-bond donors (Lipinski definition) is 1.